The van der Waals surface area contributed by atoms with Gasteiger partial charge in [0, 0.05) is 18.9 Å². The first-order valence-corrected chi connectivity index (χ1v) is 7.80. The molecule has 0 N–H and O–H groups in total. The first-order valence-electron chi connectivity index (χ1n) is 7.80. The highest BCUT2D eigenvalue weighted by molar-refractivity contribution is 6.03. The van der Waals surface area contributed by atoms with Crippen molar-refractivity contribution >= 4 is 17.3 Å². The zero-order valence-electron chi connectivity index (χ0n) is 13.3. The summed E-state index contributed by atoms with van der Waals surface area (Å²) in [4.78, 5) is 23.2. The summed E-state index contributed by atoms with van der Waals surface area (Å²) < 4.78 is 0. The molecule has 2 aromatic rings. The van der Waals surface area contributed by atoms with Gasteiger partial charge in [-0.25, -0.2) is 5.01 Å². The molecule has 1 atom stereocenters. The van der Waals surface area contributed by atoms with Crippen LogP contribution in [0, 0.1) is 10.1 Å². The minimum Gasteiger partial charge on any atom is -0.273 e. The second kappa shape index (κ2) is 6.62. The fourth-order valence-electron chi connectivity index (χ4n) is 2.89. The van der Waals surface area contributed by atoms with Crippen molar-refractivity contribution in [1.29, 1.82) is 0 Å². The van der Waals surface area contributed by atoms with E-state index in [1.807, 2.05) is 30.3 Å². The zero-order valence-corrected chi connectivity index (χ0v) is 13.3. The predicted molar refractivity (Wildman–Crippen MR) is 90.6 cm³/mol. The van der Waals surface area contributed by atoms with E-state index in [4.69, 9.17) is 0 Å². The molecule has 1 heterocycles. The summed E-state index contributed by atoms with van der Waals surface area (Å²) in [5.74, 6) is -0.149. The summed E-state index contributed by atoms with van der Waals surface area (Å²) >= 11 is 0. The molecule has 3 rings (SSSR count). The molecule has 6 nitrogen and oxygen atoms in total. The molecule has 122 valence electrons. The Labute approximate surface area is 139 Å². The molecule has 0 unspecified atom stereocenters. The van der Waals surface area contributed by atoms with Gasteiger partial charge in [0.1, 0.15) is 0 Å². The van der Waals surface area contributed by atoms with Crippen molar-refractivity contribution in [2.24, 2.45) is 5.10 Å². The first-order chi connectivity index (χ1) is 11.6. The van der Waals surface area contributed by atoms with Crippen LogP contribution in [0.25, 0.3) is 0 Å². The Balaban J connectivity index is 2.02. The van der Waals surface area contributed by atoms with E-state index in [1.165, 1.54) is 11.1 Å². The average molecular weight is 323 g/mol. The maximum atomic E-state index is 12.3. The number of amides is 1. The fraction of sp³-hybridized carbons (Fsp3) is 0.222. The van der Waals surface area contributed by atoms with Crippen LogP contribution in [0.5, 0.6) is 0 Å². The minimum absolute atomic E-state index is 0.0147. The summed E-state index contributed by atoms with van der Waals surface area (Å²) in [6, 6.07) is 15.7. The Hall–Kier alpha value is -3.02. The van der Waals surface area contributed by atoms with Crippen LogP contribution in [-0.4, -0.2) is 21.6 Å². The van der Waals surface area contributed by atoms with Crippen molar-refractivity contribution < 1.29 is 9.72 Å². The number of nitro benzene ring substituents is 1. The second-order valence-electron chi connectivity index (χ2n) is 5.54. The third kappa shape index (κ3) is 2.90. The van der Waals surface area contributed by atoms with Gasteiger partial charge in [0.25, 0.3) is 5.69 Å². The van der Waals surface area contributed by atoms with E-state index >= 15 is 0 Å². The van der Waals surface area contributed by atoms with E-state index in [2.05, 4.69) is 5.10 Å². The molecule has 2 aromatic carbocycles. The van der Waals surface area contributed by atoms with Crippen LogP contribution in [0.15, 0.2) is 59.7 Å². The first kappa shape index (κ1) is 15.9. The number of rotatable bonds is 4. The van der Waals surface area contributed by atoms with Crippen molar-refractivity contribution in [2.75, 3.05) is 0 Å². The van der Waals surface area contributed by atoms with E-state index in [0.29, 0.717) is 18.4 Å². The second-order valence-corrected chi connectivity index (χ2v) is 5.54. The predicted octanol–water partition coefficient (Wildman–Crippen LogP) is 3.68. The maximum Gasteiger partial charge on any atom is 0.274 e. The number of hydrazone groups is 1. The standard InChI is InChI=1S/C18H17N3O3/c1-2-18(22)20-17(14-10-6-7-11-16(14)21(23)24)12-15(19-20)13-8-4-3-5-9-13/h3-11,17H,2,12H2,1H3/t17-/m0/s1. The lowest BCUT2D eigenvalue weighted by molar-refractivity contribution is -0.385. The summed E-state index contributed by atoms with van der Waals surface area (Å²) in [5.41, 5.74) is 2.22. The topological polar surface area (TPSA) is 75.8 Å². The van der Waals surface area contributed by atoms with Crippen LogP contribution in [0.3, 0.4) is 0 Å². The van der Waals surface area contributed by atoms with Gasteiger partial charge >= 0.3 is 0 Å². The highest BCUT2D eigenvalue weighted by Crippen LogP contribution is 2.37. The highest BCUT2D eigenvalue weighted by Gasteiger charge is 2.35. The minimum atomic E-state index is -0.450. The summed E-state index contributed by atoms with van der Waals surface area (Å²) in [7, 11) is 0. The zero-order chi connectivity index (χ0) is 17.1. The molecule has 0 saturated carbocycles. The Morgan fingerprint density at radius 1 is 1.21 bits per heavy atom. The van der Waals surface area contributed by atoms with Crippen LogP contribution < -0.4 is 0 Å². The van der Waals surface area contributed by atoms with Crippen LogP contribution in [-0.2, 0) is 4.79 Å². The lowest BCUT2D eigenvalue weighted by atomic mass is 9.97. The molecular weight excluding hydrogens is 306 g/mol. The Morgan fingerprint density at radius 3 is 2.54 bits per heavy atom. The molecule has 1 amide bonds. The van der Waals surface area contributed by atoms with Gasteiger partial charge in [0.2, 0.25) is 5.91 Å². The molecular formula is C18H17N3O3. The average Bonchev–Trinajstić information content (AvgIpc) is 3.07. The van der Waals surface area contributed by atoms with E-state index in [-0.39, 0.29) is 11.6 Å². The third-order valence-electron chi connectivity index (χ3n) is 4.07. The van der Waals surface area contributed by atoms with Gasteiger partial charge in [-0.3, -0.25) is 14.9 Å². The summed E-state index contributed by atoms with van der Waals surface area (Å²) in [6.07, 6.45) is 0.753. The molecule has 1 aliphatic heterocycles. The van der Waals surface area contributed by atoms with Crippen LogP contribution >= 0.6 is 0 Å². The van der Waals surface area contributed by atoms with Gasteiger partial charge in [-0.1, -0.05) is 49.4 Å². The lowest BCUT2D eigenvalue weighted by Crippen LogP contribution is -2.26. The van der Waals surface area contributed by atoms with Gasteiger partial charge in [-0.15, -0.1) is 0 Å². The Kier molecular flexibility index (Phi) is 4.37. The third-order valence-corrected chi connectivity index (χ3v) is 4.07. The van der Waals surface area contributed by atoms with Crippen molar-refractivity contribution in [1.82, 2.24) is 5.01 Å². The van der Waals surface area contributed by atoms with Crippen LogP contribution in [0.4, 0.5) is 5.69 Å². The lowest BCUT2D eigenvalue weighted by Gasteiger charge is -2.21. The van der Waals surface area contributed by atoms with E-state index in [0.717, 1.165) is 11.3 Å². The van der Waals surface area contributed by atoms with Crippen molar-refractivity contribution in [3.63, 3.8) is 0 Å². The van der Waals surface area contributed by atoms with Crippen molar-refractivity contribution in [2.45, 2.75) is 25.8 Å². The maximum absolute atomic E-state index is 12.3. The van der Waals surface area contributed by atoms with E-state index in [9.17, 15) is 14.9 Å². The number of carbonyl (C=O) groups is 1. The number of hydrogen-bond acceptors (Lipinski definition) is 4. The largest absolute Gasteiger partial charge is 0.274 e. The number of carbonyl (C=O) groups excluding carboxylic acids is 1. The van der Waals surface area contributed by atoms with Gasteiger partial charge in [0.15, 0.2) is 0 Å². The smallest absolute Gasteiger partial charge is 0.273 e. The Morgan fingerprint density at radius 2 is 1.88 bits per heavy atom. The van der Waals surface area contributed by atoms with E-state index in [1.54, 1.807) is 25.1 Å². The van der Waals surface area contributed by atoms with Crippen molar-refractivity contribution in [3.05, 3.63) is 75.8 Å². The monoisotopic (exact) mass is 323 g/mol. The molecule has 0 fully saturated rings. The molecule has 0 bridgehead atoms. The van der Waals surface area contributed by atoms with Gasteiger partial charge in [0.05, 0.1) is 22.2 Å². The summed E-state index contributed by atoms with van der Waals surface area (Å²) in [6.45, 7) is 1.76. The molecule has 0 spiro atoms. The molecule has 6 heteroatoms. The van der Waals surface area contributed by atoms with E-state index < -0.39 is 11.0 Å². The van der Waals surface area contributed by atoms with Crippen LogP contribution in [0.1, 0.15) is 36.9 Å². The number of hydrogen-bond donors (Lipinski definition) is 0. The molecule has 1 aliphatic rings. The normalized spacial score (nSPS) is 16.8. The molecule has 24 heavy (non-hydrogen) atoms. The number of nitrogens with zero attached hydrogens (tertiary/aromatic N) is 3. The SMILES string of the molecule is CCC(=O)N1N=C(c2ccccc2)C[C@H]1c1ccccc1[N+](=O)[O-]. The van der Waals surface area contributed by atoms with Gasteiger partial charge in [-0.05, 0) is 11.6 Å². The molecule has 0 aliphatic carbocycles. The number of nitro groups is 1. The van der Waals surface area contributed by atoms with Crippen molar-refractivity contribution in [3.8, 4) is 0 Å². The molecule has 0 aromatic heterocycles. The highest BCUT2D eigenvalue weighted by atomic mass is 16.6. The summed E-state index contributed by atoms with van der Waals surface area (Å²) in [5, 5.41) is 17.2. The quantitative estimate of drug-likeness (QED) is 0.636. The fourth-order valence-corrected chi connectivity index (χ4v) is 2.89. The molecule has 0 radical (unpaired) electrons. The van der Waals surface area contributed by atoms with Crippen LogP contribution in [0.2, 0.25) is 0 Å². The number of para-hydroxylation sites is 1. The number of benzene rings is 2. The van der Waals surface area contributed by atoms with Gasteiger partial charge in [-0.2, -0.15) is 5.10 Å². The Bertz CT molecular complexity index is 802. The van der Waals surface area contributed by atoms with Gasteiger partial charge < -0.3 is 0 Å². The molecule has 0 saturated heterocycles.